The minimum absolute atomic E-state index is 0. The van der Waals surface area contributed by atoms with E-state index in [2.05, 4.69) is 20.8 Å². The molecule has 0 radical (unpaired) electrons. The van der Waals surface area contributed by atoms with E-state index in [4.69, 9.17) is 0 Å². The molecule has 0 spiro atoms. The number of carboxylic acids is 1. The Morgan fingerprint density at radius 3 is 2.76 bits per heavy atom. The second-order valence-corrected chi connectivity index (χ2v) is 7.66. The number of thioether (sulfide) groups is 2. The summed E-state index contributed by atoms with van der Waals surface area (Å²) in [6, 6.07) is 0. The topological polar surface area (TPSA) is 133 Å². The maximum Gasteiger partial charge on any atom is 1.00 e. The molecule has 13 heteroatoms. The first-order valence-corrected chi connectivity index (χ1v) is 8.89. The standard InChI is InChI=1S/C12H14N6O4S2.Na/c1-5(24-12-14-15-16-17(12)2)10(20)13-6-4-23-8-3-7(19)18(8)9(6)11(21)22;/h5,8H,3-4H2,1-2H3,(H,13,20)(H,21,22);/q;+1/p-1/t5?,8-;/m0./s1. The Morgan fingerprint density at radius 2 is 2.20 bits per heavy atom. The van der Waals surface area contributed by atoms with E-state index in [1.165, 1.54) is 21.3 Å². The predicted octanol–water partition coefficient (Wildman–Crippen LogP) is -4.92. The summed E-state index contributed by atoms with van der Waals surface area (Å²) >= 11 is 2.55. The number of tetrazole rings is 1. The van der Waals surface area contributed by atoms with Crippen molar-refractivity contribution in [2.75, 3.05) is 5.75 Å². The minimum atomic E-state index is -1.47. The van der Waals surface area contributed by atoms with E-state index < -0.39 is 17.1 Å². The fourth-order valence-corrected chi connectivity index (χ4v) is 4.24. The molecule has 1 aromatic rings. The van der Waals surface area contributed by atoms with E-state index in [1.54, 1.807) is 14.0 Å². The Bertz CT molecular complexity index is 754. The van der Waals surface area contributed by atoms with Gasteiger partial charge in [0.05, 0.1) is 34.4 Å². The number of hydrogen-bond acceptors (Lipinski definition) is 9. The molecule has 10 nitrogen and oxygen atoms in total. The molecular formula is C12H13N6NaO4S2. The van der Waals surface area contributed by atoms with Crippen molar-refractivity contribution in [1.82, 2.24) is 30.4 Å². The van der Waals surface area contributed by atoms with Gasteiger partial charge in [-0.3, -0.25) is 14.5 Å². The molecule has 1 unspecified atom stereocenters. The second kappa shape index (κ2) is 8.08. The van der Waals surface area contributed by atoms with Gasteiger partial charge in [-0.2, -0.15) is 0 Å². The van der Waals surface area contributed by atoms with Gasteiger partial charge in [0.1, 0.15) is 0 Å². The molecule has 1 fully saturated rings. The summed E-state index contributed by atoms with van der Waals surface area (Å²) in [6.07, 6.45) is 0.300. The van der Waals surface area contributed by atoms with Crippen molar-refractivity contribution in [3.63, 3.8) is 0 Å². The van der Waals surface area contributed by atoms with Gasteiger partial charge in [0.15, 0.2) is 0 Å². The fraction of sp³-hybridized carbons (Fsp3) is 0.500. The summed E-state index contributed by atoms with van der Waals surface area (Å²) in [5.74, 6) is -1.86. The van der Waals surface area contributed by atoms with Crippen molar-refractivity contribution in [3.8, 4) is 0 Å². The van der Waals surface area contributed by atoms with Crippen LogP contribution in [0.15, 0.2) is 16.6 Å². The predicted molar refractivity (Wildman–Crippen MR) is 82.0 cm³/mol. The molecule has 128 valence electrons. The summed E-state index contributed by atoms with van der Waals surface area (Å²) in [5.41, 5.74) is -0.0706. The van der Waals surface area contributed by atoms with E-state index in [0.29, 0.717) is 17.3 Å². The van der Waals surface area contributed by atoms with Crippen molar-refractivity contribution in [2.24, 2.45) is 7.05 Å². The first-order valence-electron chi connectivity index (χ1n) is 6.96. The zero-order valence-corrected chi connectivity index (χ0v) is 17.4. The quantitative estimate of drug-likeness (QED) is 0.297. The van der Waals surface area contributed by atoms with Crippen LogP contribution in [-0.4, -0.2) is 59.3 Å². The summed E-state index contributed by atoms with van der Waals surface area (Å²) in [4.78, 5) is 36.5. The van der Waals surface area contributed by atoms with E-state index in [-0.39, 0.29) is 52.2 Å². The SMILES string of the molecule is CC(Sc1nnnn1C)C(=O)NC1=C(C(=O)[O-])N2C(=O)C[C@@H]2SC1.[Na+]. The zero-order valence-electron chi connectivity index (χ0n) is 13.8. The van der Waals surface area contributed by atoms with Crippen LogP contribution >= 0.6 is 23.5 Å². The van der Waals surface area contributed by atoms with Crippen LogP contribution in [0.5, 0.6) is 0 Å². The van der Waals surface area contributed by atoms with Crippen molar-refractivity contribution in [3.05, 3.63) is 11.4 Å². The normalized spacial score (nSPS) is 20.3. The molecule has 2 amide bonds. The minimum Gasteiger partial charge on any atom is -0.543 e. The summed E-state index contributed by atoms with van der Waals surface area (Å²) in [7, 11) is 1.65. The number of fused-ring (bicyclic) bond motifs is 1. The van der Waals surface area contributed by atoms with E-state index in [1.807, 2.05) is 0 Å². The number of amides is 2. The molecule has 1 N–H and O–H groups in total. The Morgan fingerprint density at radius 1 is 1.48 bits per heavy atom. The number of nitrogens with one attached hydrogen (secondary N) is 1. The van der Waals surface area contributed by atoms with Crippen molar-refractivity contribution < 1.29 is 49.0 Å². The summed E-state index contributed by atoms with van der Waals surface area (Å²) in [5, 5.41) is 24.6. The third-order valence-electron chi connectivity index (χ3n) is 3.55. The Hall–Kier alpha value is -1.08. The molecule has 3 heterocycles. The third-order valence-corrected chi connectivity index (χ3v) is 5.89. The van der Waals surface area contributed by atoms with Crippen LogP contribution in [0, 0.1) is 0 Å². The van der Waals surface area contributed by atoms with Crippen LogP contribution < -0.4 is 40.0 Å². The first kappa shape index (κ1) is 20.2. The van der Waals surface area contributed by atoms with Gasteiger partial charge >= 0.3 is 29.6 Å². The number of aliphatic carboxylic acids is 1. The number of rotatable bonds is 5. The average molecular weight is 392 g/mol. The Kier molecular flexibility index (Phi) is 6.54. The number of carboxylic acid groups (broad SMARTS) is 1. The van der Waals surface area contributed by atoms with Crippen molar-refractivity contribution in [1.29, 1.82) is 0 Å². The van der Waals surface area contributed by atoms with Crippen LogP contribution in [0.1, 0.15) is 13.3 Å². The Labute approximate surface area is 173 Å². The molecule has 0 saturated carbocycles. The van der Waals surface area contributed by atoms with Gasteiger partial charge in [0, 0.05) is 12.8 Å². The first-order chi connectivity index (χ1) is 11.4. The number of β-lactam (4-membered cyclic amide) rings is 1. The molecule has 2 aliphatic heterocycles. The molecule has 0 bridgehead atoms. The molecule has 25 heavy (non-hydrogen) atoms. The van der Waals surface area contributed by atoms with Gasteiger partial charge in [-0.25, -0.2) is 4.68 Å². The van der Waals surface area contributed by atoms with Gasteiger partial charge in [-0.05, 0) is 17.4 Å². The van der Waals surface area contributed by atoms with Crippen molar-refractivity contribution >= 4 is 41.3 Å². The van der Waals surface area contributed by atoms with E-state index in [9.17, 15) is 19.5 Å². The van der Waals surface area contributed by atoms with Crippen LogP contribution in [0.4, 0.5) is 0 Å². The van der Waals surface area contributed by atoms with E-state index in [0.717, 1.165) is 11.8 Å². The van der Waals surface area contributed by atoms with Gasteiger partial charge in [0.25, 0.3) is 0 Å². The maximum absolute atomic E-state index is 12.3. The van der Waals surface area contributed by atoms with Gasteiger partial charge in [0.2, 0.25) is 17.0 Å². The number of nitrogens with zero attached hydrogens (tertiary/aromatic N) is 5. The van der Waals surface area contributed by atoms with Gasteiger partial charge < -0.3 is 15.2 Å². The number of hydrogen-bond donors (Lipinski definition) is 1. The van der Waals surface area contributed by atoms with Crippen LogP contribution in [0.25, 0.3) is 0 Å². The number of carbonyl (C=O) groups excluding carboxylic acids is 3. The smallest absolute Gasteiger partial charge is 0.543 e. The maximum atomic E-state index is 12.3. The molecule has 2 atom stereocenters. The number of aryl methyl sites for hydroxylation is 1. The average Bonchev–Trinajstić information content (AvgIpc) is 2.92. The van der Waals surface area contributed by atoms with Crippen LogP contribution in [0.2, 0.25) is 0 Å². The molecular weight excluding hydrogens is 379 g/mol. The molecule has 3 rings (SSSR count). The largest absolute Gasteiger partial charge is 1.00 e. The van der Waals surface area contributed by atoms with Crippen LogP contribution in [-0.2, 0) is 21.4 Å². The summed E-state index contributed by atoms with van der Waals surface area (Å²) < 4.78 is 1.43. The molecule has 0 aromatic carbocycles. The van der Waals surface area contributed by atoms with E-state index >= 15 is 0 Å². The van der Waals surface area contributed by atoms with Gasteiger partial charge in [-0.15, -0.1) is 16.9 Å². The zero-order chi connectivity index (χ0) is 17.4. The number of aromatic nitrogens is 4. The molecule has 2 aliphatic rings. The van der Waals surface area contributed by atoms with Crippen molar-refractivity contribution in [2.45, 2.75) is 29.1 Å². The fourth-order valence-electron chi connectivity index (χ4n) is 2.28. The number of carbonyl (C=O) groups is 3. The molecule has 0 aliphatic carbocycles. The molecule has 1 aromatic heterocycles. The molecule has 1 saturated heterocycles. The Balaban J connectivity index is 0.00000225. The third kappa shape index (κ3) is 4.03. The second-order valence-electron chi connectivity index (χ2n) is 5.18. The van der Waals surface area contributed by atoms with Gasteiger partial charge in [-0.1, -0.05) is 11.8 Å². The monoisotopic (exact) mass is 392 g/mol. The summed E-state index contributed by atoms with van der Waals surface area (Å²) in [6.45, 7) is 1.65. The van der Waals surface area contributed by atoms with Crippen LogP contribution in [0.3, 0.4) is 0 Å².